The first kappa shape index (κ1) is 28.6. The number of benzene rings is 4. The average Bonchev–Trinajstić information content (AvgIpc) is 3.35. The zero-order valence-electron chi connectivity index (χ0n) is 23.6. The fourth-order valence-electron chi connectivity index (χ4n) is 5.18. The second kappa shape index (κ2) is 12.4. The molecule has 1 aliphatic rings. The highest BCUT2D eigenvalue weighted by Gasteiger charge is 2.21. The maximum absolute atomic E-state index is 11.5. The molecule has 0 atom stereocenters. The first-order chi connectivity index (χ1) is 20.8. The van der Waals surface area contributed by atoms with Crippen molar-refractivity contribution in [3.8, 4) is 11.5 Å². The van der Waals surface area contributed by atoms with Crippen LogP contribution in [0, 0.1) is 0 Å². The summed E-state index contributed by atoms with van der Waals surface area (Å²) in [4.78, 5) is 2.11. The van der Waals surface area contributed by atoms with Gasteiger partial charge >= 0.3 is 0 Å². The van der Waals surface area contributed by atoms with Crippen LogP contribution in [0.4, 0.5) is 5.69 Å². The van der Waals surface area contributed by atoms with Crippen LogP contribution in [-0.4, -0.2) is 25.8 Å². The van der Waals surface area contributed by atoms with Crippen molar-refractivity contribution in [1.29, 1.82) is 0 Å². The fraction of sp³-hybridized carbons (Fsp3) is 0.114. The van der Waals surface area contributed by atoms with E-state index >= 15 is 0 Å². The van der Waals surface area contributed by atoms with Crippen molar-refractivity contribution in [1.82, 2.24) is 0 Å². The maximum Gasteiger partial charge on any atom is 0.265 e. The summed E-state index contributed by atoms with van der Waals surface area (Å²) in [6.07, 6.45) is 8.82. The number of fused-ring (bicyclic) bond motifs is 2. The van der Waals surface area contributed by atoms with Gasteiger partial charge in [-0.15, -0.1) is 0 Å². The molecule has 0 saturated heterocycles. The Hall–Kier alpha value is -4.50. The van der Waals surface area contributed by atoms with Gasteiger partial charge in [0.1, 0.15) is 16.2 Å². The summed E-state index contributed by atoms with van der Waals surface area (Å²) in [7, 11) is -2.01. The average molecular weight is 608 g/mol. The van der Waals surface area contributed by atoms with Crippen molar-refractivity contribution in [2.24, 2.45) is 0 Å². The number of hydrogen-bond acceptors (Lipinski definition) is 5. The van der Waals surface area contributed by atoms with E-state index in [0.717, 1.165) is 54.7 Å². The zero-order valence-corrected chi connectivity index (χ0v) is 25.3. The largest absolute Gasteiger partial charge is 0.457 e. The van der Waals surface area contributed by atoms with Gasteiger partial charge in [0.15, 0.2) is 6.54 Å². The van der Waals surface area contributed by atoms with Gasteiger partial charge in [-0.2, -0.15) is 13.0 Å². The molecule has 0 radical (unpaired) electrons. The van der Waals surface area contributed by atoms with E-state index in [1.165, 1.54) is 0 Å². The Morgan fingerprint density at radius 3 is 2.51 bits per heavy atom. The highest BCUT2D eigenvalue weighted by molar-refractivity contribution is 7.85. The number of nitrogens with zero attached hydrogens (tertiary/aromatic N) is 2. The third kappa shape index (κ3) is 6.78. The van der Waals surface area contributed by atoms with Gasteiger partial charge in [-0.05, 0) is 65.3 Å². The summed E-state index contributed by atoms with van der Waals surface area (Å²) in [5.41, 5.74) is 6.31. The minimum atomic E-state index is -4.05. The van der Waals surface area contributed by atoms with Crippen LogP contribution in [0.3, 0.4) is 0 Å². The van der Waals surface area contributed by atoms with Crippen molar-refractivity contribution >= 4 is 54.6 Å². The Morgan fingerprint density at radius 1 is 0.930 bits per heavy atom. The molecule has 4 aromatic carbocycles. The number of ether oxygens (including phenoxy) is 1. The van der Waals surface area contributed by atoms with Gasteiger partial charge in [0, 0.05) is 43.1 Å². The maximum atomic E-state index is 11.5. The number of anilines is 1. The third-order valence-corrected chi connectivity index (χ3v) is 9.15. The van der Waals surface area contributed by atoms with Gasteiger partial charge in [0.25, 0.3) is 15.1 Å². The van der Waals surface area contributed by atoms with Gasteiger partial charge in [0.05, 0.1) is 5.75 Å². The predicted molar refractivity (Wildman–Crippen MR) is 176 cm³/mol. The van der Waals surface area contributed by atoms with Gasteiger partial charge in [-0.1, -0.05) is 72.0 Å². The standard InChI is InChI=1S/C35H30N2O4S2/c1-36-21-19-27(31-15-5-6-16-32(31)36)23-28(26-11-9-14-30(24-26)41-29-12-3-2-4-13-29)25-35-37(20-10-22-43(38,39)40)33-17-7-8-18-34(33)42-35/h2-9,11-19,21,23-25H,10,20,22H2,1H3/p+1. The molecule has 0 saturated carbocycles. The number of rotatable bonds is 9. The molecule has 5 aromatic rings. The van der Waals surface area contributed by atoms with E-state index < -0.39 is 10.1 Å². The van der Waals surface area contributed by atoms with Gasteiger partial charge < -0.3 is 9.64 Å². The quantitative estimate of drug-likeness (QED) is 0.137. The van der Waals surface area contributed by atoms with Crippen molar-refractivity contribution in [2.45, 2.75) is 13.0 Å². The molecule has 6 nitrogen and oxygen atoms in total. The van der Waals surface area contributed by atoms with E-state index in [1.54, 1.807) is 11.3 Å². The lowest BCUT2D eigenvalue weighted by Crippen LogP contribution is -2.36. The Morgan fingerprint density at radius 2 is 1.67 bits per heavy atom. The van der Waals surface area contributed by atoms with E-state index in [4.69, 9.17) is 4.74 Å². The molecule has 1 aromatic heterocycles. The van der Waals surface area contributed by atoms with Crippen LogP contribution in [0.1, 0.15) is 22.6 Å². The summed E-state index contributed by atoms with van der Waals surface area (Å²) < 4.78 is 41.7. The Balaban J connectivity index is 1.49. The lowest BCUT2D eigenvalue weighted by Gasteiger charge is -2.24. The summed E-state index contributed by atoms with van der Waals surface area (Å²) in [6.45, 7) is 0.449. The van der Waals surface area contributed by atoms with Crippen LogP contribution in [-0.2, 0) is 16.7 Å². The highest BCUT2D eigenvalue weighted by Crippen LogP contribution is 2.36. The molecule has 2 heterocycles. The topological polar surface area (TPSA) is 70.7 Å². The molecule has 1 N–H and O–H groups in total. The molecule has 8 heteroatoms. The molecule has 0 aliphatic carbocycles. The number of thiazole rings is 1. The van der Waals surface area contributed by atoms with Crippen LogP contribution in [0.5, 0.6) is 11.5 Å². The van der Waals surface area contributed by atoms with E-state index in [9.17, 15) is 13.0 Å². The van der Waals surface area contributed by atoms with Crippen molar-refractivity contribution in [3.05, 3.63) is 138 Å². The number of aromatic nitrogens is 1. The number of para-hydroxylation sites is 3. The van der Waals surface area contributed by atoms with E-state index in [1.807, 2.05) is 85.9 Å². The molecule has 0 bridgehead atoms. The predicted octanol–water partition coefficient (Wildman–Crippen LogP) is 7.85. The first-order valence-electron chi connectivity index (χ1n) is 14.0. The SMILES string of the molecule is CN1C=C/C(=C\C(=C\c2sc3ccccc3[n+]2CCCS(=O)(=O)O)c2cccc(Oc3ccccc3)c2)c2ccccc21. The van der Waals surface area contributed by atoms with Crippen LogP contribution in [0.15, 0.2) is 121 Å². The van der Waals surface area contributed by atoms with Crippen molar-refractivity contribution in [3.63, 3.8) is 0 Å². The summed E-state index contributed by atoms with van der Waals surface area (Å²) in [6, 6.07) is 34.2. The Kier molecular flexibility index (Phi) is 8.24. The number of allylic oxidation sites excluding steroid dienone is 4. The summed E-state index contributed by atoms with van der Waals surface area (Å²) in [5.74, 6) is 1.19. The minimum Gasteiger partial charge on any atom is -0.457 e. The van der Waals surface area contributed by atoms with Crippen LogP contribution >= 0.6 is 11.3 Å². The molecule has 0 unspecified atom stereocenters. The summed E-state index contributed by atoms with van der Waals surface area (Å²) in [5, 5.41) is 0.975. The molecule has 1 aliphatic heterocycles. The van der Waals surface area contributed by atoms with E-state index in [0.29, 0.717) is 13.0 Å². The van der Waals surface area contributed by atoms with Crippen LogP contribution in [0.2, 0.25) is 0 Å². The molecule has 0 spiro atoms. The van der Waals surface area contributed by atoms with E-state index in [-0.39, 0.29) is 5.75 Å². The Labute approximate surface area is 255 Å². The molecular formula is C35H31N2O4S2+. The van der Waals surface area contributed by atoms with Crippen LogP contribution < -0.4 is 14.2 Å². The number of hydrogen-bond donors (Lipinski definition) is 1. The highest BCUT2D eigenvalue weighted by atomic mass is 32.2. The van der Waals surface area contributed by atoms with Gasteiger partial charge in [-0.25, -0.2) is 0 Å². The van der Waals surface area contributed by atoms with E-state index in [2.05, 4.69) is 58.2 Å². The monoisotopic (exact) mass is 607 g/mol. The molecule has 0 amide bonds. The molecule has 43 heavy (non-hydrogen) atoms. The first-order valence-corrected chi connectivity index (χ1v) is 16.4. The lowest BCUT2D eigenvalue weighted by atomic mass is 9.95. The molecule has 6 rings (SSSR count). The second-order valence-electron chi connectivity index (χ2n) is 10.3. The molecule has 0 fully saturated rings. The molecule has 216 valence electrons. The fourth-order valence-corrected chi connectivity index (χ4v) is 6.82. The number of aryl methyl sites for hydroxylation is 1. The summed E-state index contributed by atoms with van der Waals surface area (Å²) >= 11 is 1.65. The minimum absolute atomic E-state index is 0.293. The van der Waals surface area contributed by atoms with Crippen LogP contribution in [0.25, 0.3) is 27.4 Å². The third-order valence-electron chi connectivity index (χ3n) is 7.23. The van der Waals surface area contributed by atoms with Gasteiger partial charge in [-0.3, -0.25) is 4.55 Å². The van der Waals surface area contributed by atoms with Gasteiger partial charge in [0.2, 0.25) is 5.52 Å². The smallest absolute Gasteiger partial charge is 0.265 e. The Bertz CT molecular complexity index is 1980. The lowest BCUT2D eigenvalue weighted by molar-refractivity contribution is -0.668. The second-order valence-corrected chi connectivity index (χ2v) is 12.9. The normalized spacial score (nSPS) is 14.3. The van der Waals surface area contributed by atoms with Crippen molar-refractivity contribution in [2.75, 3.05) is 17.7 Å². The zero-order chi connectivity index (χ0) is 29.8. The van der Waals surface area contributed by atoms with Crippen molar-refractivity contribution < 1.29 is 22.3 Å². The molecular weight excluding hydrogens is 577 g/mol.